The Labute approximate surface area is 84.7 Å². The number of esters is 1. The van der Waals surface area contributed by atoms with Crippen LogP contribution in [0.3, 0.4) is 0 Å². The van der Waals surface area contributed by atoms with E-state index in [1.807, 2.05) is 0 Å². The van der Waals surface area contributed by atoms with Crippen LogP contribution in [0.4, 0.5) is 0 Å². The average Bonchev–Trinajstić information content (AvgIpc) is 2.20. The Kier molecular flexibility index (Phi) is 9.95. The molecule has 0 radical (unpaired) electrons. The van der Waals surface area contributed by atoms with Crippen molar-refractivity contribution in [2.75, 3.05) is 47.1 Å². The molecule has 0 aromatic rings. The number of rotatable bonds is 9. The third-order valence-electron chi connectivity index (χ3n) is 1.50. The molecule has 0 amide bonds. The second-order valence-corrected chi connectivity index (χ2v) is 2.68. The van der Waals surface area contributed by atoms with Crippen molar-refractivity contribution in [2.24, 2.45) is 0 Å². The lowest BCUT2D eigenvalue weighted by molar-refractivity contribution is -0.145. The molecule has 0 saturated carbocycles. The van der Waals surface area contributed by atoms with E-state index in [1.165, 1.54) is 0 Å². The maximum absolute atomic E-state index is 10.9. The zero-order chi connectivity index (χ0) is 10.6. The van der Waals surface area contributed by atoms with Gasteiger partial charge in [0.05, 0.1) is 26.2 Å². The molecule has 0 saturated heterocycles. The van der Waals surface area contributed by atoms with Gasteiger partial charge >= 0.3 is 5.97 Å². The number of ether oxygens (including phenoxy) is 3. The van der Waals surface area contributed by atoms with Crippen LogP contribution in [-0.4, -0.2) is 53.1 Å². The van der Waals surface area contributed by atoms with Crippen LogP contribution in [0.25, 0.3) is 0 Å². The van der Waals surface area contributed by atoms with Gasteiger partial charge in [-0.2, -0.15) is 0 Å². The Balaban J connectivity index is 3.07. The Bertz CT molecular complexity index is 141. The van der Waals surface area contributed by atoms with Crippen molar-refractivity contribution < 1.29 is 19.0 Å². The summed E-state index contributed by atoms with van der Waals surface area (Å²) in [7, 11) is 3.41. The molecule has 1 N–H and O–H groups in total. The fourth-order valence-electron chi connectivity index (χ4n) is 0.758. The van der Waals surface area contributed by atoms with Gasteiger partial charge in [-0.05, 0) is 7.05 Å². The van der Waals surface area contributed by atoms with Crippen LogP contribution in [-0.2, 0) is 19.0 Å². The van der Waals surface area contributed by atoms with E-state index in [9.17, 15) is 4.79 Å². The van der Waals surface area contributed by atoms with Crippen LogP contribution in [0.1, 0.15) is 6.42 Å². The molecule has 0 aliphatic rings. The van der Waals surface area contributed by atoms with Crippen LogP contribution in [0, 0.1) is 0 Å². The predicted molar refractivity (Wildman–Crippen MR) is 52.2 cm³/mol. The topological polar surface area (TPSA) is 56.8 Å². The van der Waals surface area contributed by atoms with Gasteiger partial charge in [0, 0.05) is 13.7 Å². The van der Waals surface area contributed by atoms with Crippen molar-refractivity contribution in [3.63, 3.8) is 0 Å². The van der Waals surface area contributed by atoms with Crippen LogP contribution < -0.4 is 5.32 Å². The van der Waals surface area contributed by atoms with Gasteiger partial charge in [-0.3, -0.25) is 4.79 Å². The lowest BCUT2D eigenvalue weighted by Gasteiger charge is -2.05. The number of nitrogens with one attached hydrogen (secondary N) is 1. The van der Waals surface area contributed by atoms with Crippen LogP contribution in [0.5, 0.6) is 0 Å². The molecule has 0 aromatic carbocycles. The summed E-state index contributed by atoms with van der Waals surface area (Å²) in [5, 5.41) is 2.87. The van der Waals surface area contributed by atoms with E-state index in [2.05, 4.69) is 5.32 Å². The maximum atomic E-state index is 10.9. The Morgan fingerprint density at radius 1 is 1.21 bits per heavy atom. The number of methoxy groups -OCH3 is 1. The highest BCUT2D eigenvalue weighted by Crippen LogP contribution is 1.85. The van der Waals surface area contributed by atoms with Crippen LogP contribution in [0.2, 0.25) is 0 Å². The van der Waals surface area contributed by atoms with Crippen molar-refractivity contribution >= 4 is 5.97 Å². The van der Waals surface area contributed by atoms with Crippen molar-refractivity contribution in [1.29, 1.82) is 0 Å². The summed E-state index contributed by atoms with van der Waals surface area (Å²) in [6.45, 7) is 2.47. The largest absolute Gasteiger partial charge is 0.463 e. The zero-order valence-corrected chi connectivity index (χ0v) is 8.88. The molecule has 14 heavy (non-hydrogen) atoms. The Morgan fingerprint density at radius 3 is 2.57 bits per heavy atom. The summed E-state index contributed by atoms with van der Waals surface area (Å²) in [6, 6.07) is 0. The molecule has 0 fully saturated rings. The first-order valence-electron chi connectivity index (χ1n) is 4.68. The normalized spacial score (nSPS) is 10.1. The van der Waals surface area contributed by atoms with E-state index in [0.29, 0.717) is 39.4 Å². The second kappa shape index (κ2) is 10.4. The third-order valence-corrected chi connectivity index (χ3v) is 1.50. The summed E-state index contributed by atoms with van der Waals surface area (Å²) in [5.41, 5.74) is 0. The van der Waals surface area contributed by atoms with E-state index in [4.69, 9.17) is 14.2 Å². The smallest absolute Gasteiger partial charge is 0.307 e. The predicted octanol–water partition coefficient (Wildman–Crippen LogP) is -0.198. The SMILES string of the molecule is CNCCC(=O)OCCOCCOC. The second-order valence-electron chi connectivity index (χ2n) is 2.68. The standard InChI is InChI=1S/C9H19NO4/c1-10-4-3-9(11)14-8-7-13-6-5-12-2/h10H,3-8H2,1-2H3. The first-order chi connectivity index (χ1) is 6.81. The number of hydrogen-bond donors (Lipinski definition) is 1. The molecule has 0 rings (SSSR count). The Hall–Kier alpha value is -0.650. The third kappa shape index (κ3) is 9.44. The lowest BCUT2D eigenvalue weighted by Crippen LogP contribution is -2.17. The van der Waals surface area contributed by atoms with Gasteiger partial charge < -0.3 is 19.5 Å². The minimum Gasteiger partial charge on any atom is -0.463 e. The molecule has 0 spiro atoms. The van der Waals surface area contributed by atoms with Gasteiger partial charge in [-0.15, -0.1) is 0 Å². The molecular formula is C9H19NO4. The molecule has 0 heterocycles. The molecule has 0 aromatic heterocycles. The Morgan fingerprint density at radius 2 is 1.93 bits per heavy atom. The van der Waals surface area contributed by atoms with E-state index in [-0.39, 0.29) is 5.97 Å². The first-order valence-corrected chi connectivity index (χ1v) is 4.68. The highest BCUT2D eigenvalue weighted by molar-refractivity contribution is 5.69. The molecule has 0 unspecified atom stereocenters. The molecule has 5 nitrogen and oxygen atoms in total. The van der Waals surface area contributed by atoms with E-state index in [0.717, 1.165) is 0 Å². The van der Waals surface area contributed by atoms with E-state index in [1.54, 1.807) is 14.2 Å². The van der Waals surface area contributed by atoms with Crippen LogP contribution in [0.15, 0.2) is 0 Å². The van der Waals surface area contributed by atoms with Gasteiger partial charge in [0.15, 0.2) is 0 Å². The molecule has 0 bridgehead atoms. The van der Waals surface area contributed by atoms with E-state index >= 15 is 0 Å². The fraction of sp³-hybridized carbons (Fsp3) is 0.889. The van der Waals surface area contributed by atoms with Crippen molar-refractivity contribution in [3.05, 3.63) is 0 Å². The molecule has 0 aliphatic carbocycles. The quantitative estimate of drug-likeness (QED) is 0.417. The van der Waals surface area contributed by atoms with Crippen molar-refractivity contribution in [2.45, 2.75) is 6.42 Å². The summed E-state index contributed by atoms with van der Waals surface area (Å²) < 4.78 is 14.8. The first kappa shape index (κ1) is 13.4. The summed E-state index contributed by atoms with van der Waals surface area (Å²) in [6.07, 6.45) is 0.397. The molecule has 5 heteroatoms. The maximum Gasteiger partial charge on any atom is 0.307 e. The number of carbonyl (C=O) groups is 1. The van der Waals surface area contributed by atoms with Gasteiger partial charge in [0.2, 0.25) is 0 Å². The van der Waals surface area contributed by atoms with E-state index < -0.39 is 0 Å². The minimum absolute atomic E-state index is 0.199. The number of carbonyl (C=O) groups excluding carboxylic acids is 1. The monoisotopic (exact) mass is 205 g/mol. The minimum atomic E-state index is -0.199. The molecule has 84 valence electrons. The summed E-state index contributed by atoms with van der Waals surface area (Å²) in [4.78, 5) is 10.9. The zero-order valence-electron chi connectivity index (χ0n) is 8.88. The average molecular weight is 205 g/mol. The van der Waals surface area contributed by atoms with Gasteiger partial charge in [0.25, 0.3) is 0 Å². The van der Waals surface area contributed by atoms with Crippen LogP contribution >= 0.6 is 0 Å². The van der Waals surface area contributed by atoms with Crippen molar-refractivity contribution in [1.82, 2.24) is 5.32 Å². The summed E-state index contributed by atoms with van der Waals surface area (Å²) >= 11 is 0. The summed E-state index contributed by atoms with van der Waals surface area (Å²) in [5.74, 6) is -0.199. The molecule has 0 aliphatic heterocycles. The highest BCUT2D eigenvalue weighted by Gasteiger charge is 2.00. The molecular weight excluding hydrogens is 186 g/mol. The lowest BCUT2D eigenvalue weighted by atomic mass is 10.4. The van der Waals surface area contributed by atoms with Gasteiger partial charge in [-0.25, -0.2) is 0 Å². The number of hydrogen-bond acceptors (Lipinski definition) is 5. The van der Waals surface area contributed by atoms with Gasteiger partial charge in [-0.1, -0.05) is 0 Å². The van der Waals surface area contributed by atoms with Gasteiger partial charge in [0.1, 0.15) is 6.61 Å². The molecule has 0 atom stereocenters. The highest BCUT2D eigenvalue weighted by atomic mass is 16.6. The fourth-order valence-corrected chi connectivity index (χ4v) is 0.758. The van der Waals surface area contributed by atoms with Crippen molar-refractivity contribution in [3.8, 4) is 0 Å².